The van der Waals surface area contributed by atoms with Gasteiger partial charge in [0, 0.05) is 10.6 Å². The van der Waals surface area contributed by atoms with E-state index >= 15 is 0 Å². The molecule has 0 aliphatic heterocycles. The molecule has 0 aliphatic rings. The molecule has 3 aromatic rings. The van der Waals surface area contributed by atoms with E-state index in [1.54, 1.807) is 24.3 Å². The monoisotopic (exact) mass is 328 g/mol. The van der Waals surface area contributed by atoms with Crippen LogP contribution in [0.15, 0.2) is 54.6 Å². The first-order valence-electron chi connectivity index (χ1n) is 6.73. The molecule has 110 valence electrons. The van der Waals surface area contributed by atoms with Gasteiger partial charge in [-0.25, -0.2) is 4.98 Å². The lowest BCUT2D eigenvalue weighted by molar-refractivity contribution is 0.102. The van der Waals surface area contributed by atoms with E-state index in [2.05, 4.69) is 10.3 Å². The minimum absolute atomic E-state index is 0.212. The number of hydrogen-bond donors (Lipinski definition) is 1. The van der Waals surface area contributed by atoms with Crippen LogP contribution in [0.25, 0.3) is 10.4 Å². The van der Waals surface area contributed by atoms with Crippen molar-refractivity contribution < 1.29 is 4.79 Å². The summed E-state index contributed by atoms with van der Waals surface area (Å²) in [4.78, 5) is 17.7. The molecule has 1 heterocycles. The zero-order chi connectivity index (χ0) is 15.5. The first kappa shape index (κ1) is 14.8. The lowest BCUT2D eigenvalue weighted by atomic mass is 10.2. The summed E-state index contributed by atoms with van der Waals surface area (Å²) in [5, 5.41) is 3.95. The average molecular weight is 329 g/mol. The number of nitrogens with one attached hydrogen (secondary N) is 1. The predicted molar refractivity (Wildman–Crippen MR) is 91.7 cm³/mol. The standard InChI is InChI=1S/C17H13ClN2OS/c1-11-15(12-6-3-2-4-7-12)22-17(19-11)20-16(21)13-8-5-9-14(18)10-13/h2-10H,1H3,(H,19,20,21). The predicted octanol–water partition coefficient (Wildman–Crippen LogP) is 5.02. The van der Waals surface area contributed by atoms with E-state index < -0.39 is 0 Å². The highest BCUT2D eigenvalue weighted by Gasteiger charge is 2.13. The molecule has 1 amide bonds. The largest absolute Gasteiger partial charge is 0.298 e. The van der Waals surface area contributed by atoms with Gasteiger partial charge in [0.05, 0.1) is 10.6 Å². The SMILES string of the molecule is Cc1nc(NC(=O)c2cccc(Cl)c2)sc1-c1ccccc1. The van der Waals surface area contributed by atoms with Gasteiger partial charge in [0.1, 0.15) is 0 Å². The van der Waals surface area contributed by atoms with Gasteiger partial charge in [0.25, 0.3) is 5.91 Å². The van der Waals surface area contributed by atoms with Crippen LogP contribution in [0.5, 0.6) is 0 Å². The highest BCUT2D eigenvalue weighted by atomic mass is 35.5. The third kappa shape index (κ3) is 3.18. The molecule has 0 spiro atoms. The minimum Gasteiger partial charge on any atom is -0.298 e. The van der Waals surface area contributed by atoms with E-state index in [0.717, 1.165) is 16.1 Å². The van der Waals surface area contributed by atoms with Crippen LogP contribution >= 0.6 is 22.9 Å². The number of hydrogen-bond acceptors (Lipinski definition) is 3. The van der Waals surface area contributed by atoms with E-state index in [0.29, 0.717) is 15.7 Å². The second-order valence-electron chi connectivity index (χ2n) is 4.76. The van der Waals surface area contributed by atoms with Crippen molar-refractivity contribution in [3.05, 3.63) is 70.9 Å². The van der Waals surface area contributed by atoms with Crippen LogP contribution in [0.4, 0.5) is 5.13 Å². The summed E-state index contributed by atoms with van der Waals surface area (Å²) < 4.78 is 0. The summed E-state index contributed by atoms with van der Waals surface area (Å²) in [5.41, 5.74) is 2.51. The zero-order valence-electron chi connectivity index (χ0n) is 11.8. The number of carbonyl (C=O) groups excluding carboxylic acids is 1. The van der Waals surface area contributed by atoms with Crippen molar-refractivity contribution in [1.82, 2.24) is 4.98 Å². The van der Waals surface area contributed by atoms with Gasteiger partial charge in [-0.05, 0) is 30.7 Å². The molecule has 1 aromatic heterocycles. The summed E-state index contributed by atoms with van der Waals surface area (Å²) in [6, 6.07) is 16.8. The summed E-state index contributed by atoms with van der Waals surface area (Å²) >= 11 is 7.37. The quantitative estimate of drug-likeness (QED) is 0.733. The lowest BCUT2D eigenvalue weighted by Crippen LogP contribution is -2.11. The van der Waals surface area contributed by atoms with Gasteiger partial charge in [-0.3, -0.25) is 10.1 Å². The fourth-order valence-corrected chi connectivity index (χ4v) is 3.26. The highest BCUT2D eigenvalue weighted by Crippen LogP contribution is 2.32. The van der Waals surface area contributed by atoms with Crippen LogP contribution in [0.3, 0.4) is 0 Å². The molecule has 3 nitrogen and oxygen atoms in total. The van der Waals surface area contributed by atoms with Gasteiger partial charge in [-0.2, -0.15) is 0 Å². The summed E-state index contributed by atoms with van der Waals surface area (Å²) in [6.45, 7) is 1.94. The van der Waals surface area contributed by atoms with Crippen molar-refractivity contribution in [2.45, 2.75) is 6.92 Å². The molecule has 1 N–H and O–H groups in total. The molecule has 3 rings (SSSR count). The van der Waals surface area contributed by atoms with E-state index in [1.807, 2.05) is 37.3 Å². The maximum absolute atomic E-state index is 12.2. The number of halogens is 1. The van der Waals surface area contributed by atoms with Gasteiger partial charge in [0.2, 0.25) is 0 Å². The Balaban J connectivity index is 1.84. The van der Waals surface area contributed by atoms with Crippen molar-refractivity contribution in [3.8, 4) is 10.4 Å². The van der Waals surface area contributed by atoms with Crippen molar-refractivity contribution in [3.63, 3.8) is 0 Å². The first-order chi connectivity index (χ1) is 10.6. The molecule has 0 unspecified atom stereocenters. The Morgan fingerprint density at radius 1 is 1.14 bits per heavy atom. The molecule has 2 aromatic carbocycles. The first-order valence-corrected chi connectivity index (χ1v) is 7.93. The maximum Gasteiger partial charge on any atom is 0.257 e. The molecule has 22 heavy (non-hydrogen) atoms. The molecule has 0 radical (unpaired) electrons. The van der Waals surface area contributed by atoms with Crippen molar-refractivity contribution >= 4 is 34.0 Å². The number of carbonyl (C=O) groups is 1. The van der Waals surface area contributed by atoms with Gasteiger partial charge >= 0.3 is 0 Å². The molecule has 0 saturated carbocycles. The Morgan fingerprint density at radius 2 is 1.91 bits per heavy atom. The lowest BCUT2D eigenvalue weighted by Gasteiger charge is -2.01. The Labute approximate surface area is 137 Å². The Kier molecular flexibility index (Phi) is 4.22. The molecule has 0 bridgehead atoms. The van der Waals surface area contributed by atoms with Gasteiger partial charge in [0.15, 0.2) is 5.13 Å². The Bertz CT molecular complexity index is 815. The van der Waals surface area contributed by atoms with Crippen LogP contribution in [-0.2, 0) is 0 Å². The molecule has 0 fully saturated rings. The number of nitrogens with zero attached hydrogens (tertiary/aromatic N) is 1. The van der Waals surface area contributed by atoms with E-state index in [1.165, 1.54) is 11.3 Å². The number of benzene rings is 2. The van der Waals surface area contributed by atoms with Crippen LogP contribution in [0, 0.1) is 6.92 Å². The fraction of sp³-hybridized carbons (Fsp3) is 0.0588. The van der Waals surface area contributed by atoms with Crippen molar-refractivity contribution in [1.29, 1.82) is 0 Å². The maximum atomic E-state index is 12.2. The normalized spacial score (nSPS) is 10.5. The number of aryl methyl sites for hydroxylation is 1. The molecule has 0 aliphatic carbocycles. The summed E-state index contributed by atoms with van der Waals surface area (Å²) in [5.74, 6) is -0.212. The summed E-state index contributed by atoms with van der Waals surface area (Å²) in [6.07, 6.45) is 0. The highest BCUT2D eigenvalue weighted by molar-refractivity contribution is 7.19. The van der Waals surface area contributed by atoms with Crippen LogP contribution in [0.1, 0.15) is 16.1 Å². The van der Waals surface area contributed by atoms with Crippen molar-refractivity contribution in [2.75, 3.05) is 5.32 Å². The second-order valence-corrected chi connectivity index (χ2v) is 6.20. The van der Waals surface area contributed by atoms with E-state index in [-0.39, 0.29) is 5.91 Å². The van der Waals surface area contributed by atoms with Crippen molar-refractivity contribution in [2.24, 2.45) is 0 Å². The minimum atomic E-state index is -0.212. The third-order valence-electron chi connectivity index (χ3n) is 3.14. The zero-order valence-corrected chi connectivity index (χ0v) is 13.4. The van der Waals surface area contributed by atoms with Gasteiger partial charge in [-0.15, -0.1) is 0 Å². The fourth-order valence-electron chi connectivity index (χ4n) is 2.11. The Morgan fingerprint density at radius 3 is 2.64 bits per heavy atom. The molecular weight excluding hydrogens is 316 g/mol. The van der Waals surface area contributed by atoms with Gasteiger partial charge in [-0.1, -0.05) is 59.3 Å². The topological polar surface area (TPSA) is 42.0 Å². The number of thiazole rings is 1. The van der Waals surface area contributed by atoms with E-state index in [9.17, 15) is 4.79 Å². The Hall–Kier alpha value is -2.17. The molecular formula is C17H13ClN2OS. The molecule has 0 saturated heterocycles. The van der Waals surface area contributed by atoms with E-state index in [4.69, 9.17) is 11.6 Å². The molecule has 5 heteroatoms. The van der Waals surface area contributed by atoms with Crippen LogP contribution < -0.4 is 5.32 Å². The third-order valence-corrected chi connectivity index (χ3v) is 4.50. The number of aromatic nitrogens is 1. The second kappa shape index (κ2) is 6.30. The number of amides is 1. The number of anilines is 1. The number of rotatable bonds is 3. The molecule has 0 atom stereocenters. The van der Waals surface area contributed by atoms with Gasteiger partial charge < -0.3 is 0 Å². The summed E-state index contributed by atoms with van der Waals surface area (Å²) in [7, 11) is 0. The van der Waals surface area contributed by atoms with Crippen LogP contribution in [-0.4, -0.2) is 10.9 Å². The average Bonchev–Trinajstić information content (AvgIpc) is 2.88. The smallest absolute Gasteiger partial charge is 0.257 e. The van der Waals surface area contributed by atoms with Crippen LogP contribution in [0.2, 0.25) is 5.02 Å².